The zero-order valence-electron chi connectivity index (χ0n) is 9.47. The molecule has 0 aliphatic carbocycles. The van der Waals surface area contributed by atoms with Crippen molar-refractivity contribution in [1.29, 1.82) is 0 Å². The Hall–Kier alpha value is -1.68. The third kappa shape index (κ3) is 2.91. The van der Waals surface area contributed by atoms with Crippen molar-refractivity contribution in [2.45, 2.75) is 12.5 Å². The fourth-order valence-corrected chi connectivity index (χ4v) is 1.86. The number of nitrogens with zero attached hydrogens (tertiary/aromatic N) is 1. The molecule has 0 radical (unpaired) electrons. The maximum atomic E-state index is 13.3. The Balaban J connectivity index is 2.01. The number of likely N-dealkylation sites (tertiary alicyclic amines) is 1. The lowest BCUT2D eigenvalue weighted by atomic mass is 10.2. The number of hydrogen-bond acceptors (Lipinski definition) is 2. The Morgan fingerprint density at radius 3 is 2.88 bits per heavy atom. The lowest BCUT2D eigenvalue weighted by molar-refractivity contribution is -0.124. The Labute approximate surface area is 99.7 Å². The van der Waals surface area contributed by atoms with Crippen LogP contribution in [0.3, 0.4) is 0 Å². The summed E-state index contributed by atoms with van der Waals surface area (Å²) >= 11 is 0. The van der Waals surface area contributed by atoms with Crippen LogP contribution in [0.25, 0.3) is 6.08 Å². The predicted octanol–water partition coefficient (Wildman–Crippen LogP) is 1.40. The molecule has 1 amide bonds. The van der Waals surface area contributed by atoms with Crippen molar-refractivity contribution < 1.29 is 9.18 Å². The molecule has 1 aromatic rings. The normalized spacial score (nSPS) is 20.1. The summed E-state index contributed by atoms with van der Waals surface area (Å²) in [6.45, 7) is 1.27. The van der Waals surface area contributed by atoms with E-state index in [2.05, 4.69) is 0 Å². The Morgan fingerprint density at radius 2 is 2.24 bits per heavy atom. The number of nitrogens with two attached hydrogens (primary N) is 1. The average Bonchev–Trinajstić information content (AvgIpc) is 2.74. The number of carbonyl (C=O) groups excluding carboxylic acids is 1. The molecule has 1 aliphatic rings. The molecule has 1 aromatic carbocycles. The Kier molecular flexibility index (Phi) is 3.54. The van der Waals surface area contributed by atoms with E-state index in [9.17, 15) is 9.18 Å². The van der Waals surface area contributed by atoms with Crippen LogP contribution in [0, 0.1) is 5.82 Å². The van der Waals surface area contributed by atoms with Gasteiger partial charge in [0.15, 0.2) is 0 Å². The van der Waals surface area contributed by atoms with Gasteiger partial charge in [0, 0.05) is 30.8 Å². The lowest BCUT2D eigenvalue weighted by Gasteiger charge is -2.12. The highest BCUT2D eigenvalue weighted by atomic mass is 19.1. The molecule has 1 heterocycles. The summed E-state index contributed by atoms with van der Waals surface area (Å²) in [6, 6.07) is 6.43. The van der Waals surface area contributed by atoms with Crippen molar-refractivity contribution in [2.75, 3.05) is 13.1 Å². The van der Waals surface area contributed by atoms with Gasteiger partial charge in [-0.2, -0.15) is 0 Å². The summed E-state index contributed by atoms with van der Waals surface area (Å²) in [4.78, 5) is 13.4. The molecule has 1 fully saturated rings. The summed E-state index contributed by atoms with van der Waals surface area (Å²) in [5.41, 5.74) is 6.14. The van der Waals surface area contributed by atoms with Crippen molar-refractivity contribution in [1.82, 2.24) is 4.90 Å². The molecule has 0 spiro atoms. The Morgan fingerprint density at radius 1 is 1.47 bits per heavy atom. The van der Waals surface area contributed by atoms with Crippen LogP contribution in [0.15, 0.2) is 30.3 Å². The van der Waals surface area contributed by atoms with Crippen LogP contribution in [0.4, 0.5) is 4.39 Å². The van der Waals surface area contributed by atoms with Crippen molar-refractivity contribution in [3.8, 4) is 0 Å². The fraction of sp³-hybridized carbons (Fsp3) is 0.308. The maximum absolute atomic E-state index is 13.3. The van der Waals surface area contributed by atoms with E-state index in [0.717, 1.165) is 6.42 Å². The van der Waals surface area contributed by atoms with Crippen molar-refractivity contribution in [2.24, 2.45) is 5.73 Å². The van der Waals surface area contributed by atoms with E-state index in [0.29, 0.717) is 18.7 Å². The quantitative estimate of drug-likeness (QED) is 0.786. The van der Waals surface area contributed by atoms with Gasteiger partial charge in [-0.3, -0.25) is 4.79 Å². The average molecular weight is 234 g/mol. The van der Waals surface area contributed by atoms with E-state index in [4.69, 9.17) is 5.73 Å². The largest absolute Gasteiger partial charge is 0.338 e. The van der Waals surface area contributed by atoms with Crippen molar-refractivity contribution in [3.05, 3.63) is 41.7 Å². The van der Waals surface area contributed by atoms with Crippen molar-refractivity contribution in [3.63, 3.8) is 0 Å². The van der Waals surface area contributed by atoms with E-state index in [1.165, 1.54) is 18.2 Å². The molecule has 1 saturated heterocycles. The second-order valence-corrected chi connectivity index (χ2v) is 4.19. The van der Waals surface area contributed by atoms with E-state index in [-0.39, 0.29) is 17.8 Å². The molecule has 4 heteroatoms. The highest BCUT2D eigenvalue weighted by Crippen LogP contribution is 2.11. The molecule has 1 aliphatic heterocycles. The summed E-state index contributed by atoms with van der Waals surface area (Å²) in [5, 5.41) is 0. The minimum absolute atomic E-state index is 0.0702. The predicted molar refractivity (Wildman–Crippen MR) is 64.6 cm³/mol. The third-order valence-electron chi connectivity index (χ3n) is 2.85. The molecule has 1 atom stereocenters. The van der Waals surface area contributed by atoms with Gasteiger partial charge in [-0.1, -0.05) is 18.2 Å². The summed E-state index contributed by atoms with van der Waals surface area (Å²) in [6.07, 6.45) is 3.73. The van der Waals surface area contributed by atoms with Crippen LogP contribution in [0.2, 0.25) is 0 Å². The second kappa shape index (κ2) is 5.10. The van der Waals surface area contributed by atoms with Gasteiger partial charge in [0.2, 0.25) is 5.91 Å². The third-order valence-corrected chi connectivity index (χ3v) is 2.85. The van der Waals surface area contributed by atoms with Crippen LogP contribution in [0.5, 0.6) is 0 Å². The number of halogens is 1. The summed E-state index contributed by atoms with van der Waals surface area (Å²) < 4.78 is 13.3. The van der Waals surface area contributed by atoms with E-state index >= 15 is 0 Å². The Bertz CT molecular complexity index is 445. The van der Waals surface area contributed by atoms with E-state index < -0.39 is 0 Å². The van der Waals surface area contributed by atoms with Gasteiger partial charge >= 0.3 is 0 Å². The number of carbonyl (C=O) groups is 1. The smallest absolute Gasteiger partial charge is 0.246 e. The molecule has 1 unspecified atom stereocenters. The minimum atomic E-state index is -0.324. The highest BCUT2D eigenvalue weighted by molar-refractivity contribution is 5.92. The lowest BCUT2D eigenvalue weighted by Crippen LogP contribution is -2.30. The first-order valence-electron chi connectivity index (χ1n) is 5.64. The fourth-order valence-electron chi connectivity index (χ4n) is 1.86. The molecule has 0 aromatic heterocycles. The maximum Gasteiger partial charge on any atom is 0.246 e. The van der Waals surface area contributed by atoms with E-state index in [1.54, 1.807) is 23.1 Å². The van der Waals surface area contributed by atoms with Gasteiger partial charge in [0.05, 0.1) is 0 Å². The standard InChI is InChI=1S/C13H15FN2O/c14-12-4-2-1-3-10(12)5-6-13(17)16-8-7-11(15)9-16/h1-6,11H,7-9,15H2/b6-5+. The molecule has 0 bridgehead atoms. The van der Waals surface area contributed by atoms with Gasteiger partial charge in [0.25, 0.3) is 0 Å². The molecule has 2 rings (SSSR count). The molecule has 2 N–H and O–H groups in total. The molecular formula is C13H15FN2O. The van der Waals surface area contributed by atoms with Crippen LogP contribution in [0.1, 0.15) is 12.0 Å². The van der Waals surface area contributed by atoms with Gasteiger partial charge in [-0.15, -0.1) is 0 Å². The zero-order chi connectivity index (χ0) is 12.3. The summed E-state index contributed by atoms with van der Waals surface area (Å²) in [5.74, 6) is -0.434. The molecular weight excluding hydrogens is 219 g/mol. The number of rotatable bonds is 2. The van der Waals surface area contributed by atoms with Gasteiger partial charge < -0.3 is 10.6 Å². The first-order valence-corrected chi connectivity index (χ1v) is 5.64. The topological polar surface area (TPSA) is 46.3 Å². The molecule has 90 valence electrons. The molecule has 3 nitrogen and oxygen atoms in total. The SMILES string of the molecule is NC1CCN(C(=O)/C=C/c2ccccc2F)C1. The monoisotopic (exact) mass is 234 g/mol. The molecule has 17 heavy (non-hydrogen) atoms. The van der Waals surface area contributed by atoms with Crippen LogP contribution < -0.4 is 5.73 Å². The minimum Gasteiger partial charge on any atom is -0.338 e. The van der Waals surface area contributed by atoms with Gasteiger partial charge in [0.1, 0.15) is 5.82 Å². The highest BCUT2D eigenvalue weighted by Gasteiger charge is 2.21. The van der Waals surface area contributed by atoms with Gasteiger partial charge in [-0.25, -0.2) is 4.39 Å². The van der Waals surface area contributed by atoms with Crippen LogP contribution >= 0.6 is 0 Å². The van der Waals surface area contributed by atoms with Crippen LogP contribution in [-0.2, 0) is 4.79 Å². The zero-order valence-corrected chi connectivity index (χ0v) is 9.47. The molecule has 0 saturated carbocycles. The van der Waals surface area contributed by atoms with Crippen molar-refractivity contribution >= 4 is 12.0 Å². The first-order chi connectivity index (χ1) is 8.16. The summed E-state index contributed by atoms with van der Waals surface area (Å²) in [7, 11) is 0. The van der Waals surface area contributed by atoms with Crippen LogP contribution in [-0.4, -0.2) is 29.9 Å². The second-order valence-electron chi connectivity index (χ2n) is 4.19. The van der Waals surface area contributed by atoms with Gasteiger partial charge in [-0.05, 0) is 18.6 Å². The van der Waals surface area contributed by atoms with E-state index in [1.807, 2.05) is 0 Å². The number of amides is 1. The number of benzene rings is 1. The number of hydrogen-bond donors (Lipinski definition) is 1. The first kappa shape index (κ1) is 11.8.